The normalized spacial score (nSPS) is 12.3. The van der Waals surface area contributed by atoms with Gasteiger partial charge in [-0.25, -0.2) is 0 Å². The van der Waals surface area contributed by atoms with Crippen LogP contribution in [0.25, 0.3) is 10.4 Å². The topological polar surface area (TPSA) is 75.4 Å². The van der Waals surface area contributed by atoms with Crippen LogP contribution in [0.5, 0.6) is 0 Å². The molecule has 20 heavy (non-hydrogen) atoms. The fourth-order valence-electron chi connectivity index (χ4n) is 1.95. The Morgan fingerprint density at radius 3 is 2.80 bits per heavy atom. The van der Waals surface area contributed by atoms with Gasteiger partial charge in [0.15, 0.2) is 0 Å². The molecule has 2 N–H and O–H groups in total. The van der Waals surface area contributed by atoms with Crippen LogP contribution in [-0.4, -0.2) is 23.2 Å². The molecule has 0 aliphatic rings. The van der Waals surface area contributed by atoms with E-state index in [1.54, 1.807) is 18.2 Å². The first kappa shape index (κ1) is 14.6. The third kappa shape index (κ3) is 3.22. The van der Waals surface area contributed by atoms with Crippen molar-refractivity contribution in [2.45, 2.75) is 13.0 Å². The number of thiophene rings is 1. The molecule has 1 unspecified atom stereocenters. The van der Waals surface area contributed by atoms with Crippen LogP contribution in [0.3, 0.4) is 0 Å². The minimum absolute atomic E-state index is 0.0900. The van der Waals surface area contributed by atoms with Crippen molar-refractivity contribution in [3.05, 3.63) is 51.4 Å². The van der Waals surface area contributed by atoms with Crippen molar-refractivity contribution >= 4 is 17.0 Å². The maximum atomic E-state index is 11.0. The van der Waals surface area contributed by atoms with Crippen molar-refractivity contribution in [1.82, 2.24) is 5.32 Å². The van der Waals surface area contributed by atoms with Gasteiger partial charge in [0.25, 0.3) is 5.69 Å². The molecule has 0 spiro atoms. The molecule has 1 heterocycles. The molecule has 0 aliphatic carbocycles. The molecular formula is C14H16N2O3S. The van der Waals surface area contributed by atoms with Crippen LogP contribution in [0.15, 0.2) is 36.4 Å². The highest BCUT2D eigenvalue weighted by molar-refractivity contribution is 7.15. The molecule has 1 aromatic heterocycles. The zero-order chi connectivity index (χ0) is 14.5. The van der Waals surface area contributed by atoms with Crippen LogP contribution in [0, 0.1) is 10.1 Å². The van der Waals surface area contributed by atoms with Gasteiger partial charge in [0, 0.05) is 28.4 Å². The van der Waals surface area contributed by atoms with Gasteiger partial charge in [-0.1, -0.05) is 12.1 Å². The molecule has 1 atom stereocenters. The summed E-state index contributed by atoms with van der Waals surface area (Å²) in [6.07, 6.45) is 0. The largest absolute Gasteiger partial charge is 0.395 e. The first-order valence-electron chi connectivity index (χ1n) is 6.31. The number of aliphatic hydroxyl groups excluding tert-OH is 1. The van der Waals surface area contributed by atoms with Crippen LogP contribution in [0.4, 0.5) is 5.69 Å². The second-order valence-electron chi connectivity index (χ2n) is 4.38. The SMILES string of the molecule is CC(NCCO)c1ccc(-c2ccccc2[N+](=O)[O-])s1. The second kappa shape index (κ2) is 6.60. The van der Waals surface area contributed by atoms with Gasteiger partial charge in [-0.3, -0.25) is 10.1 Å². The Morgan fingerprint density at radius 1 is 1.35 bits per heavy atom. The Morgan fingerprint density at radius 2 is 2.10 bits per heavy atom. The number of hydrogen-bond acceptors (Lipinski definition) is 5. The molecule has 0 aliphatic heterocycles. The monoisotopic (exact) mass is 292 g/mol. The summed E-state index contributed by atoms with van der Waals surface area (Å²) in [5, 5.41) is 23.0. The predicted octanol–water partition coefficient (Wildman–Crippen LogP) is 2.97. The number of hydrogen-bond donors (Lipinski definition) is 2. The number of benzene rings is 1. The summed E-state index contributed by atoms with van der Waals surface area (Å²) in [7, 11) is 0. The van der Waals surface area contributed by atoms with E-state index in [-0.39, 0.29) is 23.3 Å². The molecule has 0 radical (unpaired) electrons. The summed E-state index contributed by atoms with van der Waals surface area (Å²) in [4.78, 5) is 12.7. The zero-order valence-electron chi connectivity index (χ0n) is 11.1. The summed E-state index contributed by atoms with van der Waals surface area (Å²) < 4.78 is 0. The van der Waals surface area contributed by atoms with Gasteiger partial charge in [0.05, 0.1) is 17.1 Å². The van der Waals surface area contributed by atoms with Gasteiger partial charge in [0.1, 0.15) is 0 Å². The lowest BCUT2D eigenvalue weighted by Gasteiger charge is -2.10. The third-order valence-corrected chi connectivity index (χ3v) is 4.28. The Kier molecular flexibility index (Phi) is 4.84. The van der Waals surface area contributed by atoms with E-state index in [4.69, 9.17) is 5.11 Å². The molecule has 0 saturated heterocycles. The number of rotatable bonds is 6. The van der Waals surface area contributed by atoms with E-state index in [0.717, 1.165) is 9.75 Å². The number of nitro groups is 1. The number of aliphatic hydroxyl groups is 1. The van der Waals surface area contributed by atoms with Crippen LogP contribution >= 0.6 is 11.3 Å². The van der Waals surface area contributed by atoms with Gasteiger partial charge >= 0.3 is 0 Å². The molecule has 0 fully saturated rings. The van der Waals surface area contributed by atoms with Crippen molar-refractivity contribution in [2.24, 2.45) is 0 Å². The van der Waals surface area contributed by atoms with Crippen molar-refractivity contribution in [2.75, 3.05) is 13.2 Å². The van der Waals surface area contributed by atoms with Crippen molar-refractivity contribution in [3.8, 4) is 10.4 Å². The van der Waals surface area contributed by atoms with Crippen LogP contribution < -0.4 is 5.32 Å². The highest BCUT2D eigenvalue weighted by Crippen LogP contribution is 2.36. The minimum atomic E-state index is -0.359. The molecule has 0 bridgehead atoms. The van der Waals surface area contributed by atoms with E-state index in [1.165, 1.54) is 17.4 Å². The number of nitro benzene ring substituents is 1. The summed E-state index contributed by atoms with van der Waals surface area (Å²) >= 11 is 1.53. The van der Waals surface area contributed by atoms with Crippen molar-refractivity contribution in [1.29, 1.82) is 0 Å². The lowest BCUT2D eigenvalue weighted by Crippen LogP contribution is -2.21. The summed E-state index contributed by atoms with van der Waals surface area (Å²) in [5.41, 5.74) is 0.764. The van der Waals surface area contributed by atoms with E-state index in [9.17, 15) is 10.1 Å². The quantitative estimate of drug-likeness (QED) is 0.634. The van der Waals surface area contributed by atoms with Crippen LogP contribution in [-0.2, 0) is 0 Å². The third-order valence-electron chi connectivity index (χ3n) is 2.98. The maximum absolute atomic E-state index is 11.0. The molecule has 6 heteroatoms. The number of nitrogens with one attached hydrogen (secondary N) is 1. The van der Waals surface area contributed by atoms with E-state index in [1.807, 2.05) is 19.1 Å². The van der Waals surface area contributed by atoms with E-state index in [2.05, 4.69) is 5.32 Å². The lowest BCUT2D eigenvalue weighted by molar-refractivity contribution is -0.384. The summed E-state index contributed by atoms with van der Waals surface area (Å²) in [6, 6.07) is 10.7. The Bertz CT molecular complexity index is 598. The second-order valence-corrected chi connectivity index (χ2v) is 5.49. The predicted molar refractivity (Wildman–Crippen MR) is 79.9 cm³/mol. The smallest absolute Gasteiger partial charge is 0.278 e. The average Bonchev–Trinajstić information content (AvgIpc) is 2.94. The Balaban J connectivity index is 2.27. The van der Waals surface area contributed by atoms with Crippen molar-refractivity contribution in [3.63, 3.8) is 0 Å². The van der Waals surface area contributed by atoms with Crippen LogP contribution in [0.1, 0.15) is 17.8 Å². The first-order chi connectivity index (χ1) is 9.63. The van der Waals surface area contributed by atoms with Crippen molar-refractivity contribution < 1.29 is 10.0 Å². The van der Waals surface area contributed by atoms with Gasteiger partial charge < -0.3 is 10.4 Å². The standard InChI is InChI=1S/C14H16N2O3S/c1-10(15-8-9-17)13-6-7-14(20-13)11-4-2-3-5-12(11)16(18)19/h2-7,10,15,17H,8-9H2,1H3. The van der Waals surface area contributed by atoms with Gasteiger partial charge in [-0.15, -0.1) is 11.3 Å². The van der Waals surface area contributed by atoms with Gasteiger partial charge in [0.2, 0.25) is 0 Å². The van der Waals surface area contributed by atoms with E-state index < -0.39 is 0 Å². The Labute approximate surface area is 121 Å². The molecule has 5 nitrogen and oxygen atoms in total. The molecule has 2 rings (SSSR count). The van der Waals surface area contributed by atoms with E-state index in [0.29, 0.717) is 12.1 Å². The summed E-state index contributed by atoms with van der Waals surface area (Å²) in [6.45, 7) is 2.62. The molecule has 0 amide bonds. The lowest BCUT2D eigenvalue weighted by atomic mass is 10.1. The van der Waals surface area contributed by atoms with Gasteiger partial charge in [-0.05, 0) is 25.1 Å². The van der Waals surface area contributed by atoms with Crippen LogP contribution in [0.2, 0.25) is 0 Å². The average molecular weight is 292 g/mol. The first-order valence-corrected chi connectivity index (χ1v) is 7.13. The highest BCUT2D eigenvalue weighted by Gasteiger charge is 2.17. The van der Waals surface area contributed by atoms with E-state index >= 15 is 0 Å². The molecule has 106 valence electrons. The molecule has 1 aromatic carbocycles. The zero-order valence-corrected chi connectivity index (χ0v) is 11.9. The fourth-order valence-corrected chi connectivity index (χ4v) is 3.02. The fraction of sp³-hybridized carbons (Fsp3) is 0.286. The number of para-hydroxylation sites is 1. The van der Waals surface area contributed by atoms with Gasteiger partial charge in [-0.2, -0.15) is 0 Å². The molecular weight excluding hydrogens is 276 g/mol. The highest BCUT2D eigenvalue weighted by atomic mass is 32.1. The molecule has 0 saturated carbocycles. The molecule has 2 aromatic rings. The minimum Gasteiger partial charge on any atom is -0.395 e. The number of nitrogens with zero attached hydrogens (tertiary/aromatic N) is 1. The Hall–Kier alpha value is -1.76. The maximum Gasteiger partial charge on any atom is 0.278 e. The summed E-state index contributed by atoms with van der Waals surface area (Å²) in [5.74, 6) is 0.